The minimum absolute atomic E-state index is 0.0963. The maximum Gasteiger partial charge on any atom is 0.124 e. The van der Waals surface area contributed by atoms with Crippen LogP contribution in [0, 0.1) is 11.7 Å². The normalized spacial score (nSPS) is 26.5. The molecule has 0 amide bonds. The van der Waals surface area contributed by atoms with Gasteiger partial charge in [-0.25, -0.2) is 4.39 Å². The van der Waals surface area contributed by atoms with Crippen molar-refractivity contribution in [2.75, 3.05) is 0 Å². The lowest BCUT2D eigenvalue weighted by Gasteiger charge is -2.43. The van der Waals surface area contributed by atoms with Crippen LogP contribution in [-0.4, -0.2) is 0 Å². The van der Waals surface area contributed by atoms with Crippen LogP contribution in [-0.2, 0) is 11.8 Å². The Morgan fingerprint density at radius 2 is 2.13 bits per heavy atom. The van der Waals surface area contributed by atoms with E-state index in [1.165, 1.54) is 30.4 Å². The van der Waals surface area contributed by atoms with Gasteiger partial charge < -0.3 is 0 Å². The molecule has 0 nitrogen and oxygen atoms in total. The first kappa shape index (κ1) is 9.83. The lowest BCUT2D eigenvalue weighted by Crippen LogP contribution is -2.37. The molecular weight excluding hydrogens is 255 g/mol. The SMILES string of the molecule is CC1Cc2c(Br)cc(F)cc2C12CCC2. The summed E-state index contributed by atoms with van der Waals surface area (Å²) in [7, 11) is 0. The van der Waals surface area contributed by atoms with E-state index in [-0.39, 0.29) is 5.82 Å². The van der Waals surface area contributed by atoms with Gasteiger partial charge in [-0.3, -0.25) is 0 Å². The highest BCUT2D eigenvalue weighted by Crippen LogP contribution is 2.56. The number of rotatable bonds is 0. The Balaban J connectivity index is 2.20. The molecule has 0 N–H and O–H groups in total. The third-order valence-electron chi connectivity index (χ3n) is 4.40. The Bertz CT molecular complexity index is 421. The Morgan fingerprint density at radius 3 is 2.73 bits per heavy atom. The molecule has 0 aliphatic heterocycles. The molecule has 1 atom stereocenters. The first-order valence-electron chi connectivity index (χ1n) is 5.62. The zero-order valence-electron chi connectivity index (χ0n) is 8.82. The predicted octanol–water partition coefficient (Wildman–Crippen LogP) is 4.20. The number of benzene rings is 1. The number of hydrogen-bond acceptors (Lipinski definition) is 0. The van der Waals surface area contributed by atoms with Crippen LogP contribution in [0.2, 0.25) is 0 Å². The van der Waals surface area contributed by atoms with Gasteiger partial charge in [-0.2, -0.15) is 0 Å². The standard InChI is InChI=1S/C13H14BrF/c1-8-5-10-11(13(8)3-2-4-13)6-9(15)7-12(10)14/h6-8H,2-5H2,1H3. The summed E-state index contributed by atoms with van der Waals surface area (Å²) in [6.45, 7) is 2.31. The van der Waals surface area contributed by atoms with Crippen molar-refractivity contribution in [1.82, 2.24) is 0 Å². The molecule has 0 aromatic heterocycles. The van der Waals surface area contributed by atoms with E-state index in [9.17, 15) is 4.39 Å². The van der Waals surface area contributed by atoms with Crippen molar-refractivity contribution in [2.45, 2.75) is 38.0 Å². The maximum atomic E-state index is 13.4. The molecule has 0 heterocycles. The molecule has 80 valence electrons. The highest BCUT2D eigenvalue weighted by atomic mass is 79.9. The van der Waals surface area contributed by atoms with Crippen molar-refractivity contribution >= 4 is 15.9 Å². The summed E-state index contributed by atoms with van der Waals surface area (Å²) in [5.74, 6) is 0.584. The molecule has 3 rings (SSSR count). The molecule has 1 saturated carbocycles. The monoisotopic (exact) mass is 268 g/mol. The van der Waals surface area contributed by atoms with E-state index in [1.807, 2.05) is 0 Å². The molecule has 1 aromatic rings. The van der Waals surface area contributed by atoms with Gasteiger partial charge in [0.15, 0.2) is 0 Å². The van der Waals surface area contributed by atoms with Gasteiger partial charge in [-0.15, -0.1) is 0 Å². The molecule has 2 aliphatic carbocycles. The van der Waals surface area contributed by atoms with Gasteiger partial charge in [-0.1, -0.05) is 29.3 Å². The minimum atomic E-state index is -0.0963. The van der Waals surface area contributed by atoms with Crippen molar-refractivity contribution in [3.63, 3.8) is 0 Å². The average Bonchev–Trinajstić information content (AvgIpc) is 2.37. The quantitative estimate of drug-likeness (QED) is 0.662. The van der Waals surface area contributed by atoms with Gasteiger partial charge in [0.1, 0.15) is 5.82 Å². The van der Waals surface area contributed by atoms with Crippen molar-refractivity contribution in [1.29, 1.82) is 0 Å². The fourth-order valence-corrected chi connectivity index (χ4v) is 3.94. The fourth-order valence-electron chi connectivity index (χ4n) is 3.34. The zero-order valence-corrected chi connectivity index (χ0v) is 10.4. The lowest BCUT2D eigenvalue weighted by atomic mass is 9.61. The van der Waals surface area contributed by atoms with Gasteiger partial charge in [0, 0.05) is 4.47 Å². The summed E-state index contributed by atoms with van der Waals surface area (Å²) in [4.78, 5) is 0. The Labute approximate surface area is 98.0 Å². The molecule has 0 radical (unpaired) electrons. The minimum Gasteiger partial charge on any atom is -0.207 e. The second-order valence-corrected chi connectivity index (χ2v) is 5.88. The molecule has 2 heteroatoms. The number of fused-ring (bicyclic) bond motifs is 2. The largest absolute Gasteiger partial charge is 0.207 e. The van der Waals surface area contributed by atoms with Gasteiger partial charge in [0.25, 0.3) is 0 Å². The summed E-state index contributed by atoms with van der Waals surface area (Å²) in [6.07, 6.45) is 4.90. The molecule has 0 saturated heterocycles. The molecule has 15 heavy (non-hydrogen) atoms. The van der Waals surface area contributed by atoms with E-state index in [0.29, 0.717) is 11.3 Å². The topological polar surface area (TPSA) is 0 Å². The van der Waals surface area contributed by atoms with Crippen LogP contribution in [0.5, 0.6) is 0 Å². The van der Waals surface area contributed by atoms with E-state index in [4.69, 9.17) is 0 Å². The fraction of sp³-hybridized carbons (Fsp3) is 0.538. The molecule has 1 fully saturated rings. The zero-order chi connectivity index (χ0) is 10.6. The first-order chi connectivity index (χ1) is 7.13. The molecule has 1 aromatic carbocycles. The number of hydrogen-bond donors (Lipinski definition) is 0. The maximum absolute atomic E-state index is 13.4. The predicted molar refractivity (Wildman–Crippen MR) is 62.5 cm³/mol. The van der Waals surface area contributed by atoms with Crippen LogP contribution in [0.1, 0.15) is 37.3 Å². The summed E-state index contributed by atoms with van der Waals surface area (Å²) < 4.78 is 14.4. The second kappa shape index (κ2) is 3.07. The van der Waals surface area contributed by atoms with Crippen LogP contribution in [0.4, 0.5) is 4.39 Å². The second-order valence-electron chi connectivity index (χ2n) is 5.03. The van der Waals surface area contributed by atoms with Crippen molar-refractivity contribution in [3.8, 4) is 0 Å². The van der Waals surface area contributed by atoms with Crippen molar-refractivity contribution < 1.29 is 4.39 Å². The van der Waals surface area contributed by atoms with Crippen molar-refractivity contribution in [2.24, 2.45) is 5.92 Å². The molecule has 0 bridgehead atoms. The molecule has 1 spiro atoms. The molecule has 2 aliphatic rings. The van der Waals surface area contributed by atoms with Crippen LogP contribution in [0.3, 0.4) is 0 Å². The van der Waals surface area contributed by atoms with E-state index in [1.54, 1.807) is 12.1 Å². The van der Waals surface area contributed by atoms with Gasteiger partial charge in [0.05, 0.1) is 0 Å². The summed E-state index contributed by atoms with van der Waals surface area (Å²) in [5.41, 5.74) is 2.96. The van der Waals surface area contributed by atoms with Crippen LogP contribution in [0.25, 0.3) is 0 Å². The molecular formula is C13H14BrF. The molecule has 1 unspecified atom stereocenters. The van der Waals surface area contributed by atoms with E-state index >= 15 is 0 Å². The highest BCUT2D eigenvalue weighted by Gasteiger charge is 2.49. The average molecular weight is 269 g/mol. The Kier molecular flexibility index (Phi) is 2.01. The van der Waals surface area contributed by atoms with Gasteiger partial charge in [-0.05, 0) is 53.9 Å². The van der Waals surface area contributed by atoms with Gasteiger partial charge in [0.2, 0.25) is 0 Å². The van der Waals surface area contributed by atoms with Crippen molar-refractivity contribution in [3.05, 3.63) is 33.5 Å². The summed E-state index contributed by atoms with van der Waals surface area (Å²) in [6, 6.07) is 3.37. The third kappa shape index (κ3) is 1.17. The third-order valence-corrected chi connectivity index (χ3v) is 5.10. The smallest absolute Gasteiger partial charge is 0.124 e. The first-order valence-corrected chi connectivity index (χ1v) is 6.41. The Morgan fingerprint density at radius 1 is 1.40 bits per heavy atom. The van der Waals surface area contributed by atoms with E-state index in [2.05, 4.69) is 22.9 Å². The van der Waals surface area contributed by atoms with Crippen LogP contribution in [0.15, 0.2) is 16.6 Å². The van der Waals surface area contributed by atoms with E-state index in [0.717, 1.165) is 10.9 Å². The van der Waals surface area contributed by atoms with E-state index < -0.39 is 0 Å². The van der Waals surface area contributed by atoms with Gasteiger partial charge >= 0.3 is 0 Å². The summed E-state index contributed by atoms with van der Waals surface area (Å²) >= 11 is 3.49. The lowest BCUT2D eigenvalue weighted by molar-refractivity contribution is 0.176. The summed E-state index contributed by atoms with van der Waals surface area (Å²) in [5, 5.41) is 0. The van der Waals surface area contributed by atoms with Crippen LogP contribution >= 0.6 is 15.9 Å². The van der Waals surface area contributed by atoms with Crippen LogP contribution < -0.4 is 0 Å². The Hall–Kier alpha value is -0.370. The number of halogens is 2. The highest BCUT2D eigenvalue weighted by molar-refractivity contribution is 9.10.